The van der Waals surface area contributed by atoms with Crippen LogP contribution in [0, 0.1) is 0 Å². The molecule has 0 saturated carbocycles. The third kappa shape index (κ3) is 5.15. The van der Waals surface area contributed by atoms with Crippen LogP contribution >= 0.6 is 30.3 Å². The Morgan fingerprint density at radius 2 is 2.07 bits per heavy atom. The number of carbonyl (C=O) groups excluding carboxylic acids is 1. The number of aromatic nitrogens is 2. The van der Waals surface area contributed by atoms with Crippen LogP contribution in [0.5, 0.6) is 0 Å². The smallest absolute Gasteiger partial charge is 0.342 e. The Balaban J connectivity index is 1.60. The van der Waals surface area contributed by atoms with E-state index in [0.717, 1.165) is 15.3 Å². The van der Waals surface area contributed by atoms with Crippen molar-refractivity contribution in [2.75, 3.05) is 11.9 Å². The summed E-state index contributed by atoms with van der Waals surface area (Å²) in [5, 5.41) is 8.87. The third-order valence-electron chi connectivity index (χ3n) is 3.82. The molecule has 11 heteroatoms. The van der Waals surface area contributed by atoms with Gasteiger partial charge in [-0.1, -0.05) is 30.4 Å². The van der Waals surface area contributed by atoms with E-state index in [-0.39, 0.29) is 18.9 Å². The Hall–Kier alpha value is -1.84. The minimum absolute atomic E-state index is 0.0145. The molecule has 3 rings (SSSR count). The Morgan fingerprint density at radius 3 is 2.79 bits per heavy atom. The van der Waals surface area contributed by atoms with Gasteiger partial charge in [0.05, 0.1) is 28.9 Å². The van der Waals surface area contributed by atoms with E-state index in [1.54, 1.807) is 19.2 Å². The molecular weight excluding hydrogens is 419 g/mol. The Bertz CT molecular complexity index is 973. The molecule has 2 aromatic heterocycles. The number of para-hydroxylation sites is 1. The van der Waals surface area contributed by atoms with Crippen LogP contribution in [-0.4, -0.2) is 33.2 Å². The highest BCUT2D eigenvalue weighted by Crippen LogP contribution is 2.47. The zero-order chi connectivity index (χ0) is 20.1. The normalized spacial score (nSPS) is 14.5. The Morgan fingerprint density at radius 1 is 1.29 bits per heavy atom. The van der Waals surface area contributed by atoms with Crippen molar-refractivity contribution in [1.29, 1.82) is 0 Å². The SMILES string of the molecule is CCOP(=O)(O)C(CC)NC(=O)Cc1csc(Nc2nc3ccccc3s2)n1. The van der Waals surface area contributed by atoms with Gasteiger partial charge in [0.25, 0.3) is 0 Å². The van der Waals surface area contributed by atoms with Crippen LogP contribution < -0.4 is 10.6 Å². The minimum atomic E-state index is -3.89. The number of carbonyl (C=O) groups is 1. The average Bonchev–Trinajstić information content (AvgIpc) is 3.25. The summed E-state index contributed by atoms with van der Waals surface area (Å²) in [6, 6.07) is 7.85. The lowest BCUT2D eigenvalue weighted by Crippen LogP contribution is -2.35. The van der Waals surface area contributed by atoms with Crippen molar-refractivity contribution in [3.63, 3.8) is 0 Å². The van der Waals surface area contributed by atoms with E-state index in [1.807, 2.05) is 24.3 Å². The van der Waals surface area contributed by atoms with Gasteiger partial charge in [-0.15, -0.1) is 11.3 Å². The number of thiazole rings is 2. The van der Waals surface area contributed by atoms with Gasteiger partial charge >= 0.3 is 7.60 Å². The van der Waals surface area contributed by atoms with E-state index in [0.29, 0.717) is 17.2 Å². The van der Waals surface area contributed by atoms with Crippen molar-refractivity contribution in [3.8, 4) is 0 Å². The van der Waals surface area contributed by atoms with Crippen molar-refractivity contribution < 1.29 is 18.8 Å². The second kappa shape index (κ2) is 9.11. The van der Waals surface area contributed by atoms with Gasteiger partial charge in [0.2, 0.25) is 5.91 Å². The number of nitrogens with one attached hydrogen (secondary N) is 2. The molecule has 1 aromatic carbocycles. The number of hydrogen-bond donors (Lipinski definition) is 3. The largest absolute Gasteiger partial charge is 0.350 e. The summed E-state index contributed by atoms with van der Waals surface area (Å²) in [5.74, 6) is -1.31. The van der Waals surface area contributed by atoms with Gasteiger partial charge < -0.3 is 20.1 Å². The summed E-state index contributed by atoms with van der Waals surface area (Å²) in [7, 11) is -3.89. The summed E-state index contributed by atoms with van der Waals surface area (Å²) in [5.41, 5.74) is 1.49. The molecular formula is C17H21N4O4PS2. The molecule has 0 radical (unpaired) electrons. The first kappa shape index (κ1) is 20.9. The van der Waals surface area contributed by atoms with Crippen LogP contribution in [0.4, 0.5) is 10.3 Å². The molecule has 2 heterocycles. The van der Waals surface area contributed by atoms with Crippen LogP contribution in [-0.2, 0) is 20.3 Å². The molecule has 0 spiro atoms. The topological polar surface area (TPSA) is 113 Å². The van der Waals surface area contributed by atoms with Gasteiger partial charge in [0, 0.05) is 5.38 Å². The number of rotatable bonds is 9. The van der Waals surface area contributed by atoms with Gasteiger partial charge in [-0.2, -0.15) is 0 Å². The second-order valence-electron chi connectivity index (χ2n) is 5.91. The number of hydrogen-bond acceptors (Lipinski definition) is 8. The van der Waals surface area contributed by atoms with Crippen molar-refractivity contribution in [2.24, 2.45) is 0 Å². The number of anilines is 2. The lowest BCUT2D eigenvalue weighted by molar-refractivity contribution is -0.120. The summed E-state index contributed by atoms with van der Waals surface area (Å²) < 4.78 is 18.1. The van der Waals surface area contributed by atoms with E-state index in [9.17, 15) is 14.3 Å². The third-order valence-corrected chi connectivity index (χ3v) is 7.49. The molecule has 0 saturated heterocycles. The van der Waals surface area contributed by atoms with Crippen molar-refractivity contribution in [2.45, 2.75) is 32.5 Å². The molecule has 3 aromatic rings. The lowest BCUT2D eigenvalue weighted by Gasteiger charge is -2.21. The Labute approximate surface area is 170 Å². The molecule has 0 aliphatic heterocycles. The van der Waals surface area contributed by atoms with Gasteiger partial charge in [-0.25, -0.2) is 9.97 Å². The molecule has 3 N–H and O–H groups in total. The fraction of sp³-hybridized carbons (Fsp3) is 0.353. The molecule has 2 unspecified atom stereocenters. The number of benzene rings is 1. The first-order valence-electron chi connectivity index (χ1n) is 8.74. The minimum Gasteiger partial charge on any atom is -0.342 e. The molecule has 0 aliphatic rings. The average molecular weight is 440 g/mol. The van der Waals surface area contributed by atoms with Gasteiger partial charge in [0.15, 0.2) is 10.3 Å². The molecule has 0 aliphatic carbocycles. The summed E-state index contributed by atoms with van der Waals surface area (Å²) >= 11 is 2.90. The van der Waals surface area contributed by atoms with Crippen molar-refractivity contribution in [1.82, 2.24) is 15.3 Å². The van der Waals surface area contributed by atoms with Crippen LogP contribution in [0.1, 0.15) is 26.0 Å². The van der Waals surface area contributed by atoms with E-state index < -0.39 is 13.4 Å². The van der Waals surface area contributed by atoms with Crippen LogP contribution in [0.2, 0.25) is 0 Å². The van der Waals surface area contributed by atoms with E-state index in [2.05, 4.69) is 20.6 Å². The quantitative estimate of drug-likeness (QED) is 0.429. The first-order valence-corrected chi connectivity index (χ1v) is 12.1. The van der Waals surface area contributed by atoms with E-state index >= 15 is 0 Å². The standard InChI is InChI=1S/C17H21N4O4PS2/c1-3-15(26(23,24)25-4-2)20-14(22)9-11-10-27-16(18-11)21-17-19-12-7-5-6-8-13(12)28-17/h5-8,10,15H,3-4,9H2,1-2H3,(H,20,22)(H,23,24)(H,18,19,21). The zero-order valence-electron chi connectivity index (χ0n) is 15.4. The molecule has 28 heavy (non-hydrogen) atoms. The van der Waals surface area contributed by atoms with E-state index in [1.165, 1.54) is 22.7 Å². The summed E-state index contributed by atoms with van der Waals surface area (Å²) in [6.07, 6.45) is 0.307. The highest BCUT2D eigenvalue weighted by molar-refractivity contribution is 7.53. The van der Waals surface area contributed by atoms with E-state index in [4.69, 9.17) is 4.52 Å². The molecule has 150 valence electrons. The van der Waals surface area contributed by atoms with Crippen LogP contribution in [0.25, 0.3) is 10.2 Å². The Kier molecular flexibility index (Phi) is 6.79. The van der Waals surface area contributed by atoms with Gasteiger partial charge in [-0.05, 0) is 25.5 Å². The number of amides is 1. The van der Waals surface area contributed by atoms with Crippen molar-refractivity contribution >= 4 is 56.7 Å². The molecule has 0 fully saturated rings. The first-order chi connectivity index (χ1) is 13.4. The predicted octanol–water partition coefficient (Wildman–Crippen LogP) is 4.11. The lowest BCUT2D eigenvalue weighted by atomic mass is 10.3. The maximum Gasteiger partial charge on any atom is 0.350 e. The fourth-order valence-electron chi connectivity index (χ4n) is 2.55. The molecule has 0 bridgehead atoms. The summed E-state index contributed by atoms with van der Waals surface area (Å²) in [4.78, 5) is 31.1. The molecule has 2 atom stereocenters. The van der Waals surface area contributed by atoms with Crippen molar-refractivity contribution in [3.05, 3.63) is 35.3 Å². The van der Waals surface area contributed by atoms with Gasteiger partial charge in [0.1, 0.15) is 5.78 Å². The van der Waals surface area contributed by atoms with Crippen LogP contribution in [0.15, 0.2) is 29.6 Å². The number of nitrogens with zero attached hydrogens (tertiary/aromatic N) is 2. The second-order valence-corrected chi connectivity index (χ2v) is 9.80. The number of fused-ring (bicyclic) bond motifs is 1. The maximum atomic E-state index is 12.3. The maximum absolute atomic E-state index is 12.3. The fourth-order valence-corrected chi connectivity index (χ4v) is 5.51. The molecule has 1 amide bonds. The predicted molar refractivity (Wildman–Crippen MR) is 112 cm³/mol. The van der Waals surface area contributed by atoms with Crippen LogP contribution in [0.3, 0.4) is 0 Å². The highest BCUT2D eigenvalue weighted by Gasteiger charge is 2.32. The molecule has 8 nitrogen and oxygen atoms in total. The highest BCUT2D eigenvalue weighted by atomic mass is 32.1. The monoisotopic (exact) mass is 440 g/mol. The summed E-state index contributed by atoms with van der Waals surface area (Å²) in [6.45, 7) is 3.45. The zero-order valence-corrected chi connectivity index (χ0v) is 17.9. The van der Waals surface area contributed by atoms with Gasteiger partial charge in [-0.3, -0.25) is 9.36 Å².